The molecule has 4 aromatic carbocycles. The molecule has 1 aliphatic rings. The molecule has 2 radical (unpaired) electrons. The van der Waals surface area contributed by atoms with E-state index in [-0.39, 0.29) is 21.7 Å². The molecule has 0 heterocycles. The Bertz CT molecular complexity index is 921. The van der Waals surface area contributed by atoms with Crippen molar-refractivity contribution in [1.29, 1.82) is 0 Å². The summed E-state index contributed by atoms with van der Waals surface area (Å²) in [5.41, 5.74) is 2.83. The molecule has 0 unspecified atom stereocenters. The van der Waals surface area contributed by atoms with Crippen LogP contribution in [0.3, 0.4) is 0 Å². The van der Waals surface area contributed by atoms with E-state index < -0.39 is 0 Å². The Morgan fingerprint density at radius 3 is 1.72 bits per heavy atom. The minimum Gasteiger partial charge on any atom is -0.273 e. The summed E-state index contributed by atoms with van der Waals surface area (Å²) in [5.74, 6) is 0. The molecule has 0 saturated carbocycles. The van der Waals surface area contributed by atoms with E-state index in [2.05, 4.69) is 128 Å². The first kappa shape index (κ1) is 27.7. The SMILES string of the molecule is C[Si]C.[C-]1=CC=CC1.[Ti+2].c1ccc(CCc2ccccc2)cc1.c1ccc2[cH-]ccc2c1. The summed E-state index contributed by atoms with van der Waals surface area (Å²) in [7, 11) is 1.08. The molecule has 5 rings (SSSR count). The zero-order chi connectivity index (χ0) is 22.0. The summed E-state index contributed by atoms with van der Waals surface area (Å²) in [5, 5.41) is 2.66. The van der Waals surface area contributed by atoms with Gasteiger partial charge in [0.25, 0.3) is 0 Å². The third-order valence-electron chi connectivity index (χ3n) is 4.52. The third-order valence-corrected chi connectivity index (χ3v) is 4.52. The molecule has 160 valence electrons. The summed E-state index contributed by atoms with van der Waals surface area (Å²) in [6, 6.07) is 35.9. The predicted octanol–water partition coefficient (Wildman–Crippen LogP) is 8.12. The molecule has 32 heavy (non-hydrogen) atoms. The molecule has 2 heteroatoms. The van der Waals surface area contributed by atoms with E-state index in [0.29, 0.717) is 0 Å². The third kappa shape index (κ3) is 11.9. The first-order valence-electron chi connectivity index (χ1n) is 10.8. The van der Waals surface area contributed by atoms with Gasteiger partial charge in [0, 0.05) is 9.52 Å². The topological polar surface area (TPSA) is 0 Å². The molecule has 0 nitrogen and oxygen atoms in total. The molecule has 0 N–H and O–H groups in total. The van der Waals surface area contributed by atoms with Crippen LogP contribution in [0, 0.1) is 6.08 Å². The van der Waals surface area contributed by atoms with Gasteiger partial charge in [-0.25, -0.2) is 12.2 Å². The van der Waals surface area contributed by atoms with Crippen LogP contribution < -0.4 is 0 Å². The fourth-order valence-corrected chi connectivity index (χ4v) is 2.99. The van der Waals surface area contributed by atoms with Crippen molar-refractivity contribution in [1.82, 2.24) is 0 Å². The van der Waals surface area contributed by atoms with E-state index in [1.807, 2.05) is 12.2 Å². The second kappa shape index (κ2) is 18.3. The predicted molar refractivity (Wildman–Crippen MR) is 139 cm³/mol. The Labute approximate surface area is 212 Å². The van der Waals surface area contributed by atoms with E-state index >= 15 is 0 Å². The second-order valence-electron chi connectivity index (χ2n) is 7.13. The van der Waals surface area contributed by atoms with Crippen molar-refractivity contribution < 1.29 is 21.7 Å². The minimum atomic E-state index is 0. The Hall–Kier alpha value is -2.32. The van der Waals surface area contributed by atoms with Gasteiger partial charge in [0.15, 0.2) is 0 Å². The largest absolute Gasteiger partial charge is 2.00 e. The number of fused-ring (bicyclic) bond motifs is 1. The van der Waals surface area contributed by atoms with Gasteiger partial charge in [-0.15, -0.1) is 36.1 Å². The normalized spacial score (nSPS) is 10.6. The molecular formula is C30H32SiTi. The van der Waals surface area contributed by atoms with Crippen LogP contribution in [-0.4, -0.2) is 9.52 Å². The van der Waals surface area contributed by atoms with Gasteiger partial charge < -0.3 is 0 Å². The maximum atomic E-state index is 2.99. The van der Waals surface area contributed by atoms with E-state index in [1.54, 1.807) is 0 Å². The molecule has 0 bridgehead atoms. The molecule has 0 atom stereocenters. The molecule has 0 saturated heterocycles. The van der Waals surface area contributed by atoms with Crippen LogP contribution in [0.5, 0.6) is 0 Å². The molecule has 0 spiro atoms. The van der Waals surface area contributed by atoms with E-state index in [0.717, 1.165) is 28.8 Å². The van der Waals surface area contributed by atoms with E-state index in [1.165, 1.54) is 21.9 Å². The summed E-state index contributed by atoms with van der Waals surface area (Å²) in [6.45, 7) is 4.31. The smallest absolute Gasteiger partial charge is 0.273 e. The number of hydrogen-bond donors (Lipinski definition) is 0. The van der Waals surface area contributed by atoms with Crippen molar-refractivity contribution in [2.24, 2.45) is 0 Å². The van der Waals surface area contributed by atoms with Crippen LogP contribution >= 0.6 is 0 Å². The molecule has 4 aromatic rings. The number of allylic oxidation sites excluding steroid dienone is 4. The van der Waals surface area contributed by atoms with Gasteiger partial charge in [-0.3, -0.25) is 6.08 Å². The molecule has 0 aliphatic heterocycles. The van der Waals surface area contributed by atoms with Gasteiger partial charge in [-0.05, 0) is 24.0 Å². The van der Waals surface area contributed by atoms with E-state index in [4.69, 9.17) is 0 Å². The standard InChI is InChI=1S/C14H14.C9H7.C5H5.C2H6Si.Ti/c1-3-7-13(8-4-1)11-12-14-9-5-2-6-10-14;1-2-5-9-7-3-6-8(9)4-1;1-2-4-5-3-1;1-3-2;/h1-10H,11-12H2;1-7H;1-3H,4H2;1-2H3;/q;2*-1;;+2. The van der Waals surface area contributed by atoms with Gasteiger partial charge in [-0.1, -0.05) is 79.8 Å². The summed E-state index contributed by atoms with van der Waals surface area (Å²) in [4.78, 5) is 0. The van der Waals surface area contributed by atoms with Crippen molar-refractivity contribution in [3.05, 3.63) is 139 Å². The maximum Gasteiger partial charge on any atom is 2.00 e. The van der Waals surface area contributed by atoms with Crippen molar-refractivity contribution in [3.8, 4) is 0 Å². The number of rotatable bonds is 3. The Balaban J connectivity index is 0.000000244. The van der Waals surface area contributed by atoms with Gasteiger partial charge in [0.2, 0.25) is 0 Å². The van der Waals surface area contributed by atoms with Crippen LogP contribution in [0.15, 0.2) is 121 Å². The van der Waals surface area contributed by atoms with Crippen molar-refractivity contribution in [2.75, 3.05) is 0 Å². The zero-order valence-corrected chi connectivity index (χ0v) is 21.7. The first-order valence-corrected chi connectivity index (χ1v) is 12.8. The minimum absolute atomic E-state index is 0. The number of hydrogen-bond acceptors (Lipinski definition) is 0. The van der Waals surface area contributed by atoms with Crippen LogP contribution in [0.4, 0.5) is 0 Å². The van der Waals surface area contributed by atoms with Crippen LogP contribution in [0.1, 0.15) is 17.5 Å². The zero-order valence-electron chi connectivity index (χ0n) is 19.2. The van der Waals surface area contributed by atoms with E-state index in [9.17, 15) is 0 Å². The van der Waals surface area contributed by atoms with Crippen molar-refractivity contribution in [2.45, 2.75) is 32.4 Å². The Morgan fingerprint density at radius 1 is 0.750 bits per heavy atom. The summed E-state index contributed by atoms with van der Waals surface area (Å²) < 4.78 is 0. The monoisotopic (exact) mass is 468 g/mol. The molecule has 0 aromatic heterocycles. The fourth-order valence-electron chi connectivity index (χ4n) is 2.99. The number of aryl methyl sites for hydroxylation is 2. The van der Waals surface area contributed by atoms with Gasteiger partial charge in [-0.2, -0.15) is 23.6 Å². The number of benzene rings is 3. The van der Waals surface area contributed by atoms with Crippen molar-refractivity contribution >= 4 is 20.3 Å². The van der Waals surface area contributed by atoms with Crippen LogP contribution in [-0.2, 0) is 34.6 Å². The molecule has 0 fully saturated rings. The van der Waals surface area contributed by atoms with Gasteiger partial charge in [0.05, 0.1) is 0 Å². The molecule has 1 aliphatic carbocycles. The average Bonchev–Trinajstić information content (AvgIpc) is 3.55. The summed E-state index contributed by atoms with van der Waals surface area (Å²) >= 11 is 0. The average molecular weight is 469 g/mol. The molecule has 0 amide bonds. The van der Waals surface area contributed by atoms with Gasteiger partial charge >= 0.3 is 21.7 Å². The molecular weight excluding hydrogens is 436 g/mol. The summed E-state index contributed by atoms with van der Waals surface area (Å²) in [6.07, 6.45) is 12.3. The van der Waals surface area contributed by atoms with Crippen LogP contribution in [0.25, 0.3) is 10.8 Å². The first-order chi connectivity index (χ1) is 15.3. The Kier molecular flexibility index (Phi) is 15.8. The maximum absolute atomic E-state index is 2.99. The van der Waals surface area contributed by atoms with Crippen molar-refractivity contribution in [3.63, 3.8) is 0 Å². The quantitative estimate of drug-likeness (QED) is 0.210. The van der Waals surface area contributed by atoms with Crippen LogP contribution in [0.2, 0.25) is 13.1 Å². The second-order valence-corrected chi connectivity index (χ2v) is 8.13. The van der Waals surface area contributed by atoms with Gasteiger partial charge in [0.1, 0.15) is 0 Å². The fraction of sp³-hybridized carbons (Fsp3) is 0.167. The Morgan fingerprint density at radius 2 is 1.28 bits per heavy atom.